The van der Waals surface area contributed by atoms with Crippen molar-refractivity contribution in [2.45, 2.75) is 46.9 Å². The van der Waals surface area contributed by atoms with Gasteiger partial charge in [-0.15, -0.1) is 11.8 Å². The van der Waals surface area contributed by atoms with E-state index >= 15 is 0 Å². The van der Waals surface area contributed by atoms with Crippen LogP contribution in [0.25, 0.3) is 11.1 Å². The zero-order chi connectivity index (χ0) is 26.1. The Labute approximate surface area is 217 Å². The molecule has 1 atom stereocenters. The van der Waals surface area contributed by atoms with Gasteiger partial charge in [-0.1, -0.05) is 50.1 Å². The molecular weight excluding hydrogens is 516 g/mol. The van der Waals surface area contributed by atoms with Crippen molar-refractivity contribution < 1.29 is 21.4 Å². The lowest BCUT2D eigenvalue weighted by atomic mass is 10.0. The second-order valence-electron chi connectivity index (χ2n) is 8.79. The minimum atomic E-state index is -4.41. The van der Waals surface area contributed by atoms with Crippen LogP contribution in [0.2, 0.25) is 0 Å². The molecule has 0 saturated heterocycles. The zero-order valence-electron chi connectivity index (χ0n) is 20.5. The Morgan fingerprint density at radius 3 is 2.42 bits per heavy atom. The van der Waals surface area contributed by atoms with Crippen LogP contribution < -0.4 is 4.90 Å². The maximum absolute atomic E-state index is 13.9. The lowest BCUT2D eigenvalue weighted by Crippen LogP contribution is -2.40. The average molecular weight is 547 g/mol. The molecule has 0 bridgehead atoms. The highest BCUT2D eigenvalue weighted by Crippen LogP contribution is 2.44. The molecule has 1 N–H and O–H groups in total. The summed E-state index contributed by atoms with van der Waals surface area (Å²) in [5.74, 6) is 0. The quantitative estimate of drug-likeness (QED) is 0.302. The maximum Gasteiger partial charge on any atom is 0.294 e. The van der Waals surface area contributed by atoms with Crippen LogP contribution in [-0.2, 0) is 20.1 Å². The monoisotopic (exact) mass is 546 g/mol. The summed E-state index contributed by atoms with van der Waals surface area (Å²) in [7, 11) is -6.63. The third-order valence-corrected chi connectivity index (χ3v) is 10.1. The number of rotatable bonds is 7. The SMILES string of the molecule is CCCCC1CN(c2ccccc2)c2cc(SC)c(-c3cccc(S(=O)(=O)O)c3)cc2S(=O)(=O)N1C. The lowest BCUT2D eigenvalue weighted by molar-refractivity contribution is 0.351. The van der Waals surface area contributed by atoms with E-state index in [9.17, 15) is 21.4 Å². The van der Waals surface area contributed by atoms with Gasteiger partial charge in [0.1, 0.15) is 4.90 Å². The van der Waals surface area contributed by atoms with E-state index in [0.717, 1.165) is 29.8 Å². The molecule has 0 aromatic heterocycles. The molecule has 7 nitrogen and oxygen atoms in total. The lowest BCUT2D eigenvalue weighted by Gasteiger charge is -2.29. The Morgan fingerprint density at radius 1 is 1.06 bits per heavy atom. The van der Waals surface area contributed by atoms with E-state index < -0.39 is 20.1 Å². The van der Waals surface area contributed by atoms with Crippen molar-refractivity contribution in [2.24, 2.45) is 0 Å². The van der Waals surface area contributed by atoms with Crippen LogP contribution in [0.3, 0.4) is 0 Å². The molecule has 0 radical (unpaired) electrons. The third kappa shape index (κ3) is 5.19. The van der Waals surface area contributed by atoms with E-state index in [0.29, 0.717) is 23.4 Å². The van der Waals surface area contributed by atoms with Crippen LogP contribution in [0.1, 0.15) is 26.2 Å². The van der Waals surface area contributed by atoms with Crippen molar-refractivity contribution in [1.29, 1.82) is 0 Å². The highest BCUT2D eigenvalue weighted by atomic mass is 32.2. The number of hydrogen-bond acceptors (Lipinski definition) is 6. The number of fused-ring (bicyclic) bond motifs is 1. The van der Waals surface area contributed by atoms with Crippen molar-refractivity contribution in [1.82, 2.24) is 4.31 Å². The number of nitrogens with zero attached hydrogens (tertiary/aromatic N) is 2. The van der Waals surface area contributed by atoms with E-state index in [-0.39, 0.29) is 15.8 Å². The molecule has 1 aliphatic heterocycles. The summed E-state index contributed by atoms with van der Waals surface area (Å²) >= 11 is 1.45. The molecule has 10 heteroatoms. The Hall–Kier alpha value is -2.37. The first-order valence-corrected chi connectivity index (χ1v) is 15.8. The standard InChI is InChI=1S/C26H30N2O5S3/c1-4-5-11-21-18-28(20-12-7-6-8-13-20)24-17-25(34-3)23(16-26(24)35(29,30)27(21)2)19-10-9-14-22(15-19)36(31,32)33/h6-10,12-17,21H,4-5,11,18H2,1-3H3,(H,31,32,33). The Morgan fingerprint density at radius 2 is 1.78 bits per heavy atom. The number of benzene rings is 3. The second-order valence-corrected chi connectivity index (χ2v) is 13.0. The number of unbranched alkanes of at least 4 members (excludes halogenated alkanes) is 1. The second kappa shape index (κ2) is 10.5. The summed E-state index contributed by atoms with van der Waals surface area (Å²) in [5, 5.41) is 0. The fourth-order valence-corrected chi connectivity index (χ4v) is 7.25. The summed E-state index contributed by atoms with van der Waals surface area (Å²) in [6, 6.07) is 18.9. The van der Waals surface area contributed by atoms with Gasteiger partial charge in [-0.3, -0.25) is 4.55 Å². The van der Waals surface area contributed by atoms with Gasteiger partial charge in [-0.05, 0) is 60.2 Å². The smallest absolute Gasteiger partial charge is 0.294 e. The summed E-state index contributed by atoms with van der Waals surface area (Å²) in [4.78, 5) is 2.78. The van der Waals surface area contributed by atoms with Crippen LogP contribution in [-0.4, -0.2) is 51.6 Å². The normalized spacial score (nSPS) is 18.0. The molecular formula is C26H30N2O5S3. The van der Waals surface area contributed by atoms with Gasteiger partial charge >= 0.3 is 0 Å². The molecule has 1 unspecified atom stereocenters. The van der Waals surface area contributed by atoms with Crippen molar-refractivity contribution in [3.05, 3.63) is 66.7 Å². The van der Waals surface area contributed by atoms with Crippen molar-refractivity contribution >= 4 is 43.3 Å². The first-order valence-electron chi connectivity index (χ1n) is 11.7. The molecule has 4 rings (SSSR count). The van der Waals surface area contributed by atoms with Gasteiger partial charge in [0.25, 0.3) is 10.1 Å². The highest BCUT2D eigenvalue weighted by molar-refractivity contribution is 7.98. The predicted octanol–water partition coefficient (Wildman–Crippen LogP) is 5.65. The Balaban J connectivity index is 1.98. The van der Waals surface area contributed by atoms with E-state index in [2.05, 4.69) is 11.8 Å². The van der Waals surface area contributed by atoms with Crippen LogP contribution in [0.5, 0.6) is 0 Å². The summed E-state index contributed by atoms with van der Waals surface area (Å²) < 4.78 is 62.4. The number of anilines is 2. The minimum absolute atomic E-state index is 0.165. The Bertz CT molecular complexity index is 1460. The van der Waals surface area contributed by atoms with Gasteiger partial charge in [0, 0.05) is 30.2 Å². The van der Waals surface area contributed by atoms with Gasteiger partial charge in [0.2, 0.25) is 10.0 Å². The van der Waals surface area contributed by atoms with Gasteiger partial charge < -0.3 is 4.90 Å². The van der Waals surface area contributed by atoms with Crippen LogP contribution in [0.4, 0.5) is 11.4 Å². The van der Waals surface area contributed by atoms with Crippen LogP contribution in [0, 0.1) is 0 Å². The zero-order valence-corrected chi connectivity index (χ0v) is 22.9. The average Bonchev–Trinajstić information content (AvgIpc) is 2.95. The number of para-hydroxylation sites is 1. The molecule has 0 amide bonds. The van der Waals surface area contributed by atoms with E-state index in [1.807, 2.05) is 42.7 Å². The number of hydrogen-bond donors (Lipinski definition) is 1. The largest absolute Gasteiger partial charge is 0.339 e. The van der Waals surface area contributed by atoms with Crippen LogP contribution >= 0.6 is 11.8 Å². The summed E-state index contributed by atoms with van der Waals surface area (Å²) in [6.07, 6.45) is 4.51. The fraction of sp³-hybridized carbons (Fsp3) is 0.308. The molecule has 0 saturated carbocycles. The number of likely N-dealkylation sites (N-methyl/N-ethyl adjacent to an activating group) is 1. The highest BCUT2D eigenvalue weighted by Gasteiger charge is 2.37. The van der Waals surface area contributed by atoms with Gasteiger partial charge in [-0.2, -0.15) is 12.7 Å². The molecule has 1 heterocycles. The molecule has 36 heavy (non-hydrogen) atoms. The van der Waals surface area contributed by atoms with Crippen molar-refractivity contribution in [2.75, 3.05) is 24.7 Å². The van der Waals surface area contributed by atoms with Crippen molar-refractivity contribution in [3.8, 4) is 11.1 Å². The van der Waals surface area contributed by atoms with Crippen molar-refractivity contribution in [3.63, 3.8) is 0 Å². The molecule has 3 aromatic carbocycles. The van der Waals surface area contributed by atoms with E-state index in [1.165, 1.54) is 34.3 Å². The van der Waals surface area contributed by atoms with Gasteiger partial charge in [-0.25, -0.2) is 8.42 Å². The first kappa shape index (κ1) is 26.7. The van der Waals surface area contributed by atoms with Gasteiger partial charge in [0.05, 0.1) is 10.6 Å². The molecule has 1 aliphatic rings. The predicted molar refractivity (Wildman–Crippen MR) is 145 cm³/mol. The van der Waals surface area contributed by atoms with E-state index in [4.69, 9.17) is 0 Å². The molecule has 0 spiro atoms. The first-order chi connectivity index (χ1) is 17.1. The maximum atomic E-state index is 13.9. The molecule has 0 fully saturated rings. The topological polar surface area (TPSA) is 95.0 Å². The summed E-state index contributed by atoms with van der Waals surface area (Å²) in [5.41, 5.74) is 2.59. The Kier molecular flexibility index (Phi) is 7.82. The molecule has 3 aromatic rings. The van der Waals surface area contributed by atoms with E-state index in [1.54, 1.807) is 19.2 Å². The molecule has 192 valence electrons. The van der Waals surface area contributed by atoms with Gasteiger partial charge in [0.15, 0.2) is 0 Å². The molecule has 0 aliphatic carbocycles. The minimum Gasteiger partial charge on any atom is -0.339 e. The third-order valence-electron chi connectivity index (χ3n) is 6.54. The van der Waals surface area contributed by atoms with Crippen LogP contribution in [0.15, 0.2) is 81.4 Å². The number of thioether (sulfide) groups is 1. The number of sulfonamides is 1. The fourth-order valence-electron chi connectivity index (χ4n) is 4.53. The summed E-state index contributed by atoms with van der Waals surface area (Å²) in [6.45, 7) is 2.60.